The van der Waals surface area contributed by atoms with Gasteiger partial charge in [-0.2, -0.15) is 0 Å². The lowest BCUT2D eigenvalue weighted by atomic mass is 10.0. The van der Waals surface area contributed by atoms with Crippen LogP contribution in [0.5, 0.6) is 0 Å². The highest BCUT2D eigenvalue weighted by molar-refractivity contribution is 5.99. The summed E-state index contributed by atoms with van der Waals surface area (Å²) in [4.78, 5) is 24.8. The predicted octanol–water partition coefficient (Wildman–Crippen LogP) is 6.10. The molecule has 0 aliphatic carbocycles. The van der Waals surface area contributed by atoms with Crippen LogP contribution in [0.2, 0.25) is 0 Å². The lowest BCUT2D eigenvalue weighted by molar-refractivity contribution is 0.0672. The minimum absolute atomic E-state index is 0.126. The van der Waals surface area contributed by atoms with Gasteiger partial charge in [-0.25, -0.2) is 0 Å². The molecule has 0 fully saturated rings. The third kappa shape index (κ3) is 5.21. The first kappa shape index (κ1) is 20.5. The van der Waals surface area contributed by atoms with Gasteiger partial charge in [-0.1, -0.05) is 109 Å². The second-order valence-electron chi connectivity index (χ2n) is 7.23. The average Bonchev–Trinajstić information content (AvgIpc) is 2.85. The summed E-state index contributed by atoms with van der Waals surface area (Å²) in [6.45, 7) is -0.253. The van der Waals surface area contributed by atoms with Gasteiger partial charge in [0, 0.05) is 11.1 Å². The molecule has 3 heteroatoms. The summed E-state index contributed by atoms with van der Waals surface area (Å²) in [6.07, 6.45) is 0. The first-order valence-corrected chi connectivity index (χ1v) is 10.2. The molecule has 0 radical (unpaired) electrons. The van der Waals surface area contributed by atoms with Crippen molar-refractivity contribution in [2.45, 2.75) is 0 Å². The van der Waals surface area contributed by atoms with Crippen molar-refractivity contribution in [1.29, 1.82) is 0 Å². The molecule has 0 atom stereocenters. The Morgan fingerprint density at radius 2 is 0.774 bits per heavy atom. The van der Waals surface area contributed by atoms with E-state index in [0.717, 1.165) is 22.3 Å². The molecule has 0 amide bonds. The van der Waals surface area contributed by atoms with Crippen LogP contribution < -0.4 is 0 Å². The van der Waals surface area contributed by atoms with Crippen molar-refractivity contribution in [3.8, 4) is 22.3 Å². The number of ketones is 2. The van der Waals surface area contributed by atoms with Crippen molar-refractivity contribution < 1.29 is 14.3 Å². The molecule has 0 saturated heterocycles. The molecular weight excluding hydrogens is 384 g/mol. The molecule has 0 unspecified atom stereocenters. The molecule has 152 valence electrons. The minimum Gasteiger partial charge on any atom is -0.365 e. The van der Waals surface area contributed by atoms with E-state index in [1.54, 1.807) is 24.3 Å². The Morgan fingerprint density at radius 1 is 0.452 bits per heavy atom. The summed E-state index contributed by atoms with van der Waals surface area (Å²) in [6, 6.07) is 34.8. The van der Waals surface area contributed by atoms with Gasteiger partial charge in [0.25, 0.3) is 0 Å². The zero-order chi connectivity index (χ0) is 21.5. The summed E-state index contributed by atoms with van der Waals surface area (Å²) in [5, 5.41) is 0. The number of benzene rings is 4. The van der Waals surface area contributed by atoms with Crippen LogP contribution in [0.15, 0.2) is 109 Å². The first-order chi connectivity index (χ1) is 15.2. The largest absolute Gasteiger partial charge is 0.365 e. The fraction of sp³-hybridized carbons (Fsp3) is 0.0714. The molecule has 4 aromatic carbocycles. The van der Waals surface area contributed by atoms with Crippen molar-refractivity contribution >= 4 is 11.6 Å². The molecule has 0 spiro atoms. The highest BCUT2D eigenvalue weighted by Gasteiger charge is 2.10. The van der Waals surface area contributed by atoms with Crippen LogP contribution in [0.1, 0.15) is 20.7 Å². The quantitative estimate of drug-likeness (QED) is 0.332. The topological polar surface area (TPSA) is 43.4 Å². The van der Waals surface area contributed by atoms with Crippen molar-refractivity contribution in [1.82, 2.24) is 0 Å². The Kier molecular flexibility index (Phi) is 6.46. The molecule has 0 N–H and O–H groups in total. The van der Waals surface area contributed by atoms with Crippen LogP contribution in [-0.4, -0.2) is 24.8 Å². The average molecular weight is 406 g/mol. The number of rotatable bonds is 8. The first-order valence-electron chi connectivity index (χ1n) is 10.2. The number of Topliss-reactive ketones (excluding diaryl/α,β-unsaturated/α-hetero) is 2. The third-order valence-corrected chi connectivity index (χ3v) is 5.09. The van der Waals surface area contributed by atoms with E-state index < -0.39 is 0 Å². The minimum atomic E-state index is -0.146. The summed E-state index contributed by atoms with van der Waals surface area (Å²) in [7, 11) is 0. The maximum absolute atomic E-state index is 12.4. The Balaban J connectivity index is 1.29. The smallest absolute Gasteiger partial charge is 0.188 e. The van der Waals surface area contributed by atoms with Crippen LogP contribution in [0.25, 0.3) is 22.3 Å². The third-order valence-electron chi connectivity index (χ3n) is 5.09. The van der Waals surface area contributed by atoms with Gasteiger partial charge >= 0.3 is 0 Å². The van der Waals surface area contributed by atoms with Crippen LogP contribution in [-0.2, 0) is 4.74 Å². The van der Waals surface area contributed by atoms with Crippen LogP contribution in [0.3, 0.4) is 0 Å². The predicted molar refractivity (Wildman–Crippen MR) is 123 cm³/mol. The molecule has 0 aliphatic rings. The lowest BCUT2D eigenvalue weighted by Gasteiger charge is -2.06. The number of carbonyl (C=O) groups excluding carboxylic acids is 2. The van der Waals surface area contributed by atoms with Crippen molar-refractivity contribution in [2.75, 3.05) is 13.2 Å². The van der Waals surface area contributed by atoms with Gasteiger partial charge in [-0.05, 0) is 22.3 Å². The van der Waals surface area contributed by atoms with Crippen LogP contribution in [0, 0.1) is 0 Å². The SMILES string of the molecule is O=C(COCC(=O)c1ccc(-c2ccccc2)cc1)c1ccc(-c2ccccc2)cc1. The number of hydrogen-bond donors (Lipinski definition) is 0. The van der Waals surface area contributed by atoms with E-state index in [4.69, 9.17) is 4.74 Å². The van der Waals surface area contributed by atoms with Crippen molar-refractivity contribution in [3.05, 3.63) is 120 Å². The van der Waals surface area contributed by atoms with E-state index in [-0.39, 0.29) is 24.8 Å². The highest BCUT2D eigenvalue weighted by Crippen LogP contribution is 2.20. The second-order valence-corrected chi connectivity index (χ2v) is 7.23. The Hall–Kier alpha value is -3.82. The number of ether oxygens (including phenoxy) is 1. The van der Waals surface area contributed by atoms with E-state index in [0.29, 0.717) is 11.1 Å². The molecule has 4 rings (SSSR count). The molecule has 0 aliphatic heterocycles. The van der Waals surface area contributed by atoms with Crippen LogP contribution >= 0.6 is 0 Å². The maximum Gasteiger partial charge on any atom is 0.188 e. The molecule has 31 heavy (non-hydrogen) atoms. The number of carbonyl (C=O) groups is 2. The van der Waals surface area contributed by atoms with E-state index in [1.807, 2.05) is 84.9 Å². The fourth-order valence-corrected chi connectivity index (χ4v) is 3.36. The Labute approximate surface area is 181 Å². The van der Waals surface area contributed by atoms with E-state index in [1.165, 1.54) is 0 Å². The zero-order valence-corrected chi connectivity index (χ0v) is 17.0. The summed E-state index contributed by atoms with van der Waals surface area (Å²) in [5.41, 5.74) is 5.43. The van der Waals surface area contributed by atoms with Gasteiger partial charge in [-0.15, -0.1) is 0 Å². The summed E-state index contributed by atoms with van der Waals surface area (Å²) in [5.74, 6) is -0.293. The van der Waals surface area contributed by atoms with E-state index >= 15 is 0 Å². The highest BCUT2D eigenvalue weighted by atomic mass is 16.5. The molecule has 0 saturated carbocycles. The lowest BCUT2D eigenvalue weighted by Crippen LogP contribution is -2.15. The van der Waals surface area contributed by atoms with Gasteiger partial charge in [-0.3, -0.25) is 9.59 Å². The molecule has 0 heterocycles. The monoisotopic (exact) mass is 406 g/mol. The summed E-state index contributed by atoms with van der Waals surface area (Å²) >= 11 is 0. The van der Waals surface area contributed by atoms with E-state index in [2.05, 4.69) is 0 Å². The second kappa shape index (κ2) is 9.79. The number of hydrogen-bond acceptors (Lipinski definition) is 3. The van der Waals surface area contributed by atoms with Gasteiger partial charge in [0.15, 0.2) is 11.6 Å². The van der Waals surface area contributed by atoms with Gasteiger partial charge in [0.2, 0.25) is 0 Å². The Bertz CT molecular complexity index is 1050. The van der Waals surface area contributed by atoms with E-state index in [9.17, 15) is 9.59 Å². The molecule has 4 aromatic rings. The zero-order valence-electron chi connectivity index (χ0n) is 17.0. The van der Waals surface area contributed by atoms with Gasteiger partial charge in [0.05, 0.1) is 0 Å². The molecule has 0 bridgehead atoms. The maximum atomic E-state index is 12.4. The fourth-order valence-electron chi connectivity index (χ4n) is 3.36. The summed E-state index contributed by atoms with van der Waals surface area (Å²) < 4.78 is 5.40. The standard InChI is InChI=1S/C28H22O3/c29-27(25-15-11-23(12-16-25)21-7-3-1-4-8-21)19-31-20-28(30)26-17-13-24(14-18-26)22-9-5-2-6-10-22/h1-18H,19-20H2. The normalized spacial score (nSPS) is 10.6. The van der Waals surface area contributed by atoms with Crippen molar-refractivity contribution in [3.63, 3.8) is 0 Å². The molecule has 0 aromatic heterocycles. The molecular formula is C28H22O3. The molecule has 3 nitrogen and oxygen atoms in total. The van der Waals surface area contributed by atoms with Gasteiger partial charge in [0.1, 0.15) is 13.2 Å². The van der Waals surface area contributed by atoms with Crippen molar-refractivity contribution in [2.24, 2.45) is 0 Å². The van der Waals surface area contributed by atoms with Crippen LogP contribution in [0.4, 0.5) is 0 Å². The Morgan fingerprint density at radius 3 is 1.13 bits per heavy atom. The van der Waals surface area contributed by atoms with Gasteiger partial charge < -0.3 is 4.74 Å².